The molecule has 0 radical (unpaired) electrons. The van der Waals surface area contributed by atoms with Crippen LogP contribution in [0, 0.1) is 12.8 Å². The normalized spacial score (nSPS) is 15.0. The lowest BCUT2D eigenvalue weighted by Gasteiger charge is -2.25. The second kappa shape index (κ2) is 7.01. The van der Waals surface area contributed by atoms with Gasteiger partial charge in [-0.15, -0.1) is 11.3 Å². The summed E-state index contributed by atoms with van der Waals surface area (Å²) < 4.78 is 1.69. The molecule has 0 aromatic carbocycles. The van der Waals surface area contributed by atoms with Crippen LogP contribution in [0.4, 0.5) is 0 Å². The third-order valence-corrected chi connectivity index (χ3v) is 6.01. The molecule has 146 valence electrons. The van der Waals surface area contributed by atoms with Gasteiger partial charge in [-0.2, -0.15) is 5.10 Å². The summed E-state index contributed by atoms with van der Waals surface area (Å²) in [7, 11) is 1.82. The zero-order valence-corrected chi connectivity index (χ0v) is 16.9. The molecule has 1 aliphatic rings. The SMILES string of the molecule is Cc1nn(C)c2nc(-c3cccs3)cc(C(=O)N(CC(C)C(=O)O)C3CC3)c12. The molecule has 1 unspecified atom stereocenters. The molecule has 4 rings (SSSR count). The van der Waals surface area contributed by atoms with Crippen LogP contribution in [-0.4, -0.2) is 49.2 Å². The molecule has 28 heavy (non-hydrogen) atoms. The molecular weight excluding hydrogens is 376 g/mol. The Morgan fingerprint density at radius 2 is 2.18 bits per heavy atom. The molecule has 8 heteroatoms. The van der Waals surface area contributed by atoms with Gasteiger partial charge in [0.25, 0.3) is 5.91 Å². The maximum atomic E-state index is 13.6. The van der Waals surface area contributed by atoms with E-state index in [1.165, 1.54) is 0 Å². The molecule has 1 amide bonds. The van der Waals surface area contributed by atoms with Crippen molar-refractivity contribution in [1.82, 2.24) is 19.7 Å². The van der Waals surface area contributed by atoms with Gasteiger partial charge in [0.1, 0.15) is 0 Å². The van der Waals surface area contributed by atoms with Gasteiger partial charge < -0.3 is 10.0 Å². The van der Waals surface area contributed by atoms with E-state index in [-0.39, 0.29) is 18.5 Å². The highest BCUT2D eigenvalue weighted by Crippen LogP contribution is 2.33. The van der Waals surface area contributed by atoms with Crippen molar-refractivity contribution in [1.29, 1.82) is 0 Å². The monoisotopic (exact) mass is 398 g/mol. The molecule has 0 aliphatic heterocycles. The summed E-state index contributed by atoms with van der Waals surface area (Å²) in [5.74, 6) is -1.65. The number of carboxylic acid groups (broad SMARTS) is 1. The molecule has 3 heterocycles. The first-order chi connectivity index (χ1) is 13.4. The highest BCUT2D eigenvalue weighted by molar-refractivity contribution is 7.13. The van der Waals surface area contributed by atoms with Crippen molar-refractivity contribution in [2.75, 3.05) is 6.54 Å². The zero-order valence-electron chi connectivity index (χ0n) is 16.0. The van der Waals surface area contributed by atoms with Crippen LogP contribution >= 0.6 is 11.3 Å². The molecule has 1 saturated carbocycles. The number of pyridine rings is 1. The lowest BCUT2D eigenvalue weighted by molar-refractivity contribution is -0.141. The summed E-state index contributed by atoms with van der Waals surface area (Å²) in [6, 6.07) is 5.86. The van der Waals surface area contributed by atoms with Crippen LogP contribution in [0.2, 0.25) is 0 Å². The van der Waals surface area contributed by atoms with Crippen LogP contribution in [0.1, 0.15) is 35.8 Å². The maximum Gasteiger partial charge on any atom is 0.308 e. The summed E-state index contributed by atoms with van der Waals surface area (Å²) in [5, 5.41) is 16.5. The molecule has 3 aromatic heterocycles. The summed E-state index contributed by atoms with van der Waals surface area (Å²) in [6.07, 6.45) is 1.83. The first kappa shape index (κ1) is 18.6. The number of thiophene rings is 1. The molecule has 0 spiro atoms. The molecule has 1 aliphatic carbocycles. The van der Waals surface area contributed by atoms with Crippen LogP contribution in [-0.2, 0) is 11.8 Å². The van der Waals surface area contributed by atoms with Crippen molar-refractivity contribution in [3.05, 3.63) is 34.8 Å². The smallest absolute Gasteiger partial charge is 0.308 e. The Hall–Kier alpha value is -2.74. The Labute approximate surface area is 166 Å². The first-order valence-electron chi connectivity index (χ1n) is 9.28. The highest BCUT2D eigenvalue weighted by atomic mass is 32.1. The van der Waals surface area contributed by atoms with Crippen molar-refractivity contribution in [2.45, 2.75) is 32.7 Å². The van der Waals surface area contributed by atoms with E-state index >= 15 is 0 Å². The molecular formula is C20H22N4O3S. The Balaban J connectivity index is 1.83. The number of aliphatic carboxylic acids is 1. The number of rotatable bonds is 6. The van der Waals surface area contributed by atoms with E-state index < -0.39 is 11.9 Å². The minimum Gasteiger partial charge on any atom is -0.481 e. The van der Waals surface area contributed by atoms with Crippen LogP contribution in [0.3, 0.4) is 0 Å². The van der Waals surface area contributed by atoms with E-state index in [2.05, 4.69) is 5.10 Å². The minimum atomic E-state index is -0.893. The quantitative estimate of drug-likeness (QED) is 0.688. The van der Waals surface area contributed by atoms with Gasteiger partial charge in [-0.1, -0.05) is 13.0 Å². The fourth-order valence-electron chi connectivity index (χ4n) is 3.48. The Bertz CT molecular complexity index is 1050. The predicted octanol–water partition coefficient (Wildman–Crippen LogP) is 3.33. The fraction of sp³-hybridized carbons (Fsp3) is 0.400. The Morgan fingerprint density at radius 3 is 2.79 bits per heavy atom. The average Bonchev–Trinajstić information content (AvgIpc) is 3.27. The van der Waals surface area contributed by atoms with Gasteiger partial charge in [0.15, 0.2) is 5.65 Å². The van der Waals surface area contributed by atoms with E-state index in [9.17, 15) is 14.7 Å². The van der Waals surface area contributed by atoms with Gasteiger partial charge in [-0.3, -0.25) is 14.3 Å². The number of hydrogen-bond donors (Lipinski definition) is 1. The van der Waals surface area contributed by atoms with Gasteiger partial charge >= 0.3 is 5.97 Å². The van der Waals surface area contributed by atoms with E-state index in [0.29, 0.717) is 11.2 Å². The second-order valence-electron chi connectivity index (χ2n) is 7.37. The Kier molecular flexibility index (Phi) is 4.66. The average molecular weight is 398 g/mol. The van der Waals surface area contributed by atoms with Crippen molar-refractivity contribution in [3.63, 3.8) is 0 Å². The van der Waals surface area contributed by atoms with E-state index in [0.717, 1.165) is 34.5 Å². The van der Waals surface area contributed by atoms with E-state index in [4.69, 9.17) is 4.98 Å². The lowest BCUT2D eigenvalue weighted by atomic mass is 10.1. The van der Waals surface area contributed by atoms with Crippen LogP contribution in [0.15, 0.2) is 23.6 Å². The highest BCUT2D eigenvalue weighted by Gasteiger charge is 2.36. The first-order valence-corrected chi connectivity index (χ1v) is 10.2. The van der Waals surface area contributed by atoms with Gasteiger partial charge in [0.05, 0.1) is 33.1 Å². The minimum absolute atomic E-state index is 0.111. The number of carboxylic acids is 1. The largest absolute Gasteiger partial charge is 0.481 e. The van der Waals surface area contributed by atoms with Gasteiger partial charge in [0, 0.05) is 19.6 Å². The number of amides is 1. The molecule has 1 N–H and O–H groups in total. The molecule has 1 fully saturated rings. The van der Waals surface area contributed by atoms with Crippen molar-refractivity contribution < 1.29 is 14.7 Å². The third kappa shape index (κ3) is 3.28. The van der Waals surface area contributed by atoms with Crippen molar-refractivity contribution in [2.24, 2.45) is 13.0 Å². The van der Waals surface area contributed by atoms with Gasteiger partial charge in [-0.25, -0.2) is 4.98 Å². The summed E-state index contributed by atoms with van der Waals surface area (Å²) in [5.41, 5.74) is 2.68. The predicted molar refractivity (Wildman–Crippen MR) is 107 cm³/mol. The molecule has 0 saturated heterocycles. The number of carbonyl (C=O) groups is 2. The second-order valence-corrected chi connectivity index (χ2v) is 8.32. The van der Waals surface area contributed by atoms with Crippen LogP contribution in [0.25, 0.3) is 21.6 Å². The molecule has 1 atom stereocenters. The number of hydrogen-bond acceptors (Lipinski definition) is 5. The van der Waals surface area contributed by atoms with Crippen LogP contribution in [0.5, 0.6) is 0 Å². The lowest BCUT2D eigenvalue weighted by Crippen LogP contribution is -2.38. The molecule has 0 bridgehead atoms. The Morgan fingerprint density at radius 1 is 1.43 bits per heavy atom. The van der Waals surface area contributed by atoms with E-state index in [1.807, 2.05) is 37.6 Å². The standard InChI is InChI=1S/C20H22N4O3S/c1-11(20(26)27)10-24(13-6-7-13)19(25)14-9-15(16-5-4-8-28-16)21-18-17(14)12(2)22-23(18)3/h4-5,8-9,11,13H,6-7,10H2,1-3H3,(H,26,27). The molecule has 3 aromatic rings. The van der Waals surface area contributed by atoms with Crippen LogP contribution < -0.4 is 0 Å². The van der Waals surface area contributed by atoms with E-state index in [1.54, 1.807) is 27.8 Å². The number of carbonyl (C=O) groups excluding carboxylic acids is 1. The number of fused-ring (bicyclic) bond motifs is 1. The zero-order chi connectivity index (χ0) is 20.0. The van der Waals surface area contributed by atoms with Crippen molar-refractivity contribution >= 4 is 34.2 Å². The number of aromatic nitrogens is 3. The van der Waals surface area contributed by atoms with Gasteiger partial charge in [0.2, 0.25) is 0 Å². The third-order valence-electron chi connectivity index (χ3n) is 5.11. The number of aryl methyl sites for hydroxylation is 2. The summed E-state index contributed by atoms with van der Waals surface area (Å²) in [6.45, 7) is 3.71. The van der Waals surface area contributed by atoms with Crippen molar-refractivity contribution in [3.8, 4) is 10.6 Å². The van der Waals surface area contributed by atoms with Gasteiger partial charge in [-0.05, 0) is 37.3 Å². The summed E-state index contributed by atoms with van der Waals surface area (Å²) in [4.78, 5) is 32.3. The molecule has 7 nitrogen and oxygen atoms in total. The summed E-state index contributed by atoms with van der Waals surface area (Å²) >= 11 is 1.56. The maximum absolute atomic E-state index is 13.6. The topological polar surface area (TPSA) is 88.3 Å². The number of nitrogens with zero attached hydrogens (tertiary/aromatic N) is 4. The fourth-order valence-corrected chi connectivity index (χ4v) is 4.16.